The fourth-order valence-electron chi connectivity index (χ4n) is 2.28. The van der Waals surface area contributed by atoms with Crippen LogP contribution >= 0.6 is 0 Å². The molecule has 0 saturated heterocycles. The maximum absolute atomic E-state index is 12.0. The quantitative estimate of drug-likeness (QED) is 0.900. The molecule has 0 fully saturated rings. The maximum atomic E-state index is 12.0. The number of aryl methyl sites for hydroxylation is 1. The minimum absolute atomic E-state index is 0.110. The molecule has 0 radical (unpaired) electrons. The van der Waals surface area contributed by atoms with E-state index < -0.39 is 6.04 Å². The first-order valence-corrected chi connectivity index (χ1v) is 6.95. The average molecular weight is 274 g/mol. The van der Waals surface area contributed by atoms with E-state index in [9.17, 15) is 4.79 Å². The number of benzene rings is 1. The highest BCUT2D eigenvalue weighted by Crippen LogP contribution is 2.29. The molecule has 2 rings (SSSR count). The fraction of sp³-hybridized carbons (Fsp3) is 0.438. The SMILES string of the molecule is Cc1c(C(C)NC(=O)[C@@H](N)C(C)C)oc2ccccc12. The predicted molar refractivity (Wildman–Crippen MR) is 80.3 cm³/mol. The Kier molecular flexibility index (Phi) is 4.14. The summed E-state index contributed by atoms with van der Waals surface area (Å²) in [5.74, 6) is 0.752. The van der Waals surface area contributed by atoms with Gasteiger partial charge in [-0.05, 0) is 25.8 Å². The molecule has 3 N–H and O–H groups in total. The summed E-state index contributed by atoms with van der Waals surface area (Å²) in [6, 6.07) is 7.17. The van der Waals surface area contributed by atoms with Gasteiger partial charge < -0.3 is 15.5 Å². The number of fused-ring (bicyclic) bond motifs is 1. The number of hydrogen-bond acceptors (Lipinski definition) is 3. The molecule has 2 aromatic rings. The summed E-state index contributed by atoms with van der Waals surface area (Å²) in [5, 5.41) is 4.00. The molecule has 0 bridgehead atoms. The van der Waals surface area contributed by atoms with Gasteiger partial charge in [-0.3, -0.25) is 4.79 Å². The van der Waals surface area contributed by atoms with E-state index in [1.165, 1.54) is 0 Å². The number of nitrogens with one attached hydrogen (secondary N) is 1. The van der Waals surface area contributed by atoms with Crippen LogP contribution in [0.3, 0.4) is 0 Å². The molecule has 20 heavy (non-hydrogen) atoms. The van der Waals surface area contributed by atoms with Gasteiger partial charge in [0.1, 0.15) is 11.3 Å². The topological polar surface area (TPSA) is 68.3 Å². The molecule has 1 amide bonds. The van der Waals surface area contributed by atoms with Gasteiger partial charge in [0.05, 0.1) is 12.1 Å². The minimum atomic E-state index is -0.498. The molecule has 0 aliphatic rings. The van der Waals surface area contributed by atoms with Crippen molar-refractivity contribution < 1.29 is 9.21 Å². The molecule has 0 aliphatic heterocycles. The van der Waals surface area contributed by atoms with Gasteiger partial charge in [0, 0.05) is 10.9 Å². The van der Waals surface area contributed by atoms with E-state index in [1.807, 2.05) is 52.0 Å². The van der Waals surface area contributed by atoms with E-state index in [0.717, 1.165) is 22.3 Å². The van der Waals surface area contributed by atoms with Gasteiger partial charge in [-0.1, -0.05) is 32.0 Å². The molecule has 0 aliphatic carbocycles. The highest BCUT2D eigenvalue weighted by Gasteiger charge is 2.22. The Bertz CT molecular complexity index is 616. The molecule has 2 atom stereocenters. The van der Waals surface area contributed by atoms with Crippen LogP contribution in [0.1, 0.15) is 38.1 Å². The van der Waals surface area contributed by atoms with Crippen molar-refractivity contribution >= 4 is 16.9 Å². The molecule has 108 valence electrons. The zero-order valence-corrected chi connectivity index (χ0v) is 12.4. The molecule has 1 heterocycles. The molecular formula is C16H22N2O2. The van der Waals surface area contributed by atoms with Crippen molar-refractivity contribution in [1.82, 2.24) is 5.32 Å². The molecule has 1 aromatic carbocycles. The average Bonchev–Trinajstić information content (AvgIpc) is 2.75. The second-order valence-electron chi connectivity index (χ2n) is 5.59. The van der Waals surface area contributed by atoms with Crippen LogP contribution in [0.4, 0.5) is 0 Å². The van der Waals surface area contributed by atoms with E-state index >= 15 is 0 Å². The number of carbonyl (C=O) groups is 1. The van der Waals surface area contributed by atoms with Crippen molar-refractivity contribution in [3.63, 3.8) is 0 Å². The molecule has 0 saturated carbocycles. The molecule has 4 heteroatoms. The lowest BCUT2D eigenvalue weighted by Gasteiger charge is -2.18. The van der Waals surface area contributed by atoms with Crippen molar-refractivity contribution in [2.24, 2.45) is 11.7 Å². The van der Waals surface area contributed by atoms with Crippen LogP contribution in [0.2, 0.25) is 0 Å². The van der Waals surface area contributed by atoms with Crippen LogP contribution in [-0.2, 0) is 4.79 Å². The van der Waals surface area contributed by atoms with Gasteiger partial charge in [0.2, 0.25) is 5.91 Å². The number of para-hydroxylation sites is 1. The highest BCUT2D eigenvalue weighted by molar-refractivity contribution is 5.84. The number of carbonyl (C=O) groups excluding carboxylic acids is 1. The van der Waals surface area contributed by atoms with Crippen LogP contribution in [-0.4, -0.2) is 11.9 Å². The van der Waals surface area contributed by atoms with Crippen molar-refractivity contribution in [2.75, 3.05) is 0 Å². The Morgan fingerprint density at radius 3 is 2.50 bits per heavy atom. The summed E-state index contributed by atoms with van der Waals surface area (Å²) in [7, 11) is 0. The first-order chi connectivity index (χ1) is 9.41. The summed E-state index contributed by atoms with van der Waals surface area (Å²) in [6.45, 7) is 7.78. The van der Waals surface area contributed by atoms with Gasteiger partial charge in [-0.15, -0.1) is 0 Å². The third-order valence-electron chi connectivity index (χ3n) is 3.65. The molecule has 1 aromatic heterocycles. The van der Waals surface area contributed by atoms with E-state index in [-0.39, 0.29) is 17.9 Å². The van der Waals surface area contributed by atoms with Gasteiger partial charge in [-0.2, -0.15) is 0 Å². The largest absolute Gasteiger partial charge is 0.459 e. The Hall–Kier alpha value is -1.81. The zero-order valence-electron chi connectivity index (χ0n) is 12.4. The van der Waals surface area contributed by atoms with Gasteiger partial charge >= 0.3 is 0 Å². The minimum Gasteiger partial charge on any atom is -0.459 e. The van der Waals surface area contributed by atoms with Crippen molar-refractivity contribution in [3.8, 4) is 0 Å². The van der Waals surface area contributed by atoms with E-state index in [1.54, 1.807) is 0 Å². The number of amides is 1. The standard InChI is InChI=1S/C16H22N2O2/c1-9(2)14(17)16(19)18-11(4)15-10(3)12-7-5-6-8-13(12)20-15/h5-9,11,14H,17H2,1-4H3,(H,18,19)/t11?,14-/m0/s1. The first kappa shape index (κ1) is 14.6. The van der Waals surface area contributed by atoms with Gasteiger partial charge in [-0.25, -0.2) is 0 Å². The third-order valence-corrected chi connectivity index (χ3v) is 3.65. The van der Waals surface area contributed by atoms with E-state index in [2.05, 4.69) is 5.32 Å². The second kappa shape index (κ2) is 5.67. The van der Waals surface area contributed by atoms with Crippen LogP contribution in [0.25, 0.3) is 11.0 Å². The Balaban J connectivity index is 2.21. The Labute approximate surface area is 119 Å². The summed E-state index contributed by atoms with van der Waals surface area (Å²) in [4.78, 5) is 12.0. The smallest absolute Gasteiger partial charge is 0.237 e. The van der Waals surface area contributed by atoms with Gasteiger partial charge in [0.15, 0.2) is 0 Å². The zero-order chi connectivity index (χ0) is 14.9. The number of rotatable bonds is 4. The predicted octanol–water partition coefficient (Wildman–Crippen LogP) is 2.90. The highest BCUT2D eigenvalue weighted by atomic mass is 16.3. The third kappa shape index (κ3) is 2.70. The monoisotopic (exact) mass is 274 g/mol. The normalized spacial score (nSPS) is 14.5. The van der Waals surface area contributed by atoms with Crippen molar-refractivity contribution in [2.45, 2.75) is 39.8 Å². The molecule has 4 nitrogen and oxygen atoms in total. The van der Waals surface area contributed by atoms with E-state index in [4.69, 9.17) is 10.2 Å². The second-order valence-corrected chi connectivity index (χ2v) is 5.59. The Morgan fingerprint density at radius 1 is 1.25 bits per heavy atom. The lowest BCUT2D eigenvalue weighted by molar-refractivity contribution is -0.124. The van der Waals surface area contributed by atoms with Crippen LogP contribution in [0.15, 0.2) is 28.7 Å². The van der Waals surface area contributed by atoms with Crippen LogP contribution in [0, 0.1) is 12.8 Å². The summed E-state index contributed by atoms with van der Waals surface area (Å²) in [6.07, 6.45) is 0. The lowest BCUT2D eigenvalue weighted by atomic mass is 10.0. The number of nitrogens with two attached hydrogens (primary N) is 1. The van der Waals surface area contributed by atoms with Crippen molar-refractivity contribution in [1.29, 1.82) is 0 Å². The fourth-order valence-corrected chi connectivity index (χ4v) is 2.28. The van der Waals surface area contributed by atoms with E-state index in [0.29, 0.717) is 0 Å². The molecular weight excluding hydrogens is 252 g/mol. The van der Waals surface area contributed by atoms with Gasteiger partial charge in [0.25, 0.3) is 0 Å². The number of furan rings is 1. The summed E-state index contributed by atoms with van der Waals surface area (Å²) in [5.41, 5.74) is 7.76. The first-order valence-electron chi connectivity index (χ1n) is 6.95. The molecule has 0 spiro atoms. The molecule has 1 unspecified atom stereocenters. The maximum Gasteiger partial charge on any atom is 0.237 e. The van der Waals surface area contributed by atoms with Crippen molar-refractivity contribution in [3.05, 3.63) is 35.6 Å². The lowest BCUT2D eigenvalue weighted by Crippen LogP contribution is -2.44. The van der Waals surface area contributed by atoms with Crippen LogP contribution in [0.5, 0.6) is 0 Å². The summed E-state index contributed by atoms with van der Waals surface area (Å²) >= 11 is 0. The summed E-state index contributed by atoms with van der Waals surface area (Å²) < 4.78 is 5.85. The Morgan fingerprint density at radius 2 is 1.90 bits per heavy atom. The number of hydrogen-bond donors (Lipinski definition) is 2. The van der Waals surface area contributed by atoms with Crippen LogP contribution < -0.4 is 11.1 Å².